The van der Waals surface area contributed by atoms with E-state index in [0.717, 1.165) is 58.3 Å². The van der Waals surface area contributed by atoms with E-state index in [4.69, 9.17) is 11.2 Å². The minimum absolute atomic E-state index is 0.0755. The van der Waals surface area contributed by atoms with Crippen molar-refractivity contribution in [2.24, 2.45) is 17.3 Å². The molecule has 31 heavy (non-hydrogen) atoms. The number of hydrogen-bond donors (Lipinski definition) is 2. The van der Waals surface area contributed by atoms with E-state index in [1.54, 1.807) is 7.11 Å². The maximum absolute atomic E-state index is 13.3. The minimum atomic E-state index is -0.980. The lowest BCUT2D eigenvalue weighted by Gasteiger charge is -2.52. The Morgan fingerprint density at radius 2 is 2.03 bits per heavy atom. The fraction of sp³-hybridized carbons (Fsp3) is 0.654. The predicted octanol–water partition coefficient (Wildman–Crippen LogP) is 2.96. The van der Waals surface area contributed by atoms with Gasteiger partial charge in [0.2, 0.25) is 0 Å². The quantitative estimate of drug-likeness (QED) is 0.720. The van der Waals surface area contributed by atoms with Crippen LogP contribution in [0.1, 0.15) is 66.4 Å². The average molecular weight is 423 g/mol. The Hall–Kier alpha value is -2.03. The van der Waals surface area contributed by atoms with E-state index < -0.39 is 5.60 Å². The van der Waals surface area contributed by atoms with Crippen LogP contribution in [-0.4, -0.2) is 54.8 Å². The van der Waals surface area contributed by atoms with E-state index >= 15 is 0 Å². The van der Waals surface area contributed by atoms with Crippen LogP contribution >= 0.6 is 0 Å². The zero-order valence-corrected chi connectivity index (χ0v) is 18.7. The summed E-state index contributed by atoms with van der Waals surface area (Å²) in [6.45, 7) is 5.35. The highest BCUT2D eigenvalue weighted by molar-refractivity contribution is 5.97. The number of hydrogen-bond acceptors (Lipinski definition) is 4. The molecule has 0 spiro atoms. The lowest BCUT2D eigenvalue weighted by Crippen LogP contribution is -2.50. The Morgan fingerprint density at radius 3 is 2.74 bits per heavy atom. The summed E-state index contributed by atoms with van der Waals surface area (Å²) in [4.78, 5) is 15.3. The molecule has 1 heterocycles. The van der Waals surface area contributed by atoms with Gasteiger partial charge in [0.05, 0.1) is 12.7 Å². The summed E-state index contributed by atoms with van der Waals surface area (Å²) in [5.41, 5.74) is 2.17. The van der Waals surface area contributed by atoms with Crippen molar-refractivity contribution in [3.63, 3.8) is 0 Å². The number of piperazine rings is 1. The second kappa shape index (κ2) is 7.53. The molecule has 2 saturated carbocycles. The molecule has 1 amide bonds. The number of carbonyl (C=O) groups is 1. The molecule has 0 aromatic heterocycles. The first-order valence-corrected chi connectivity index (χ1v) is 11.8. The van der Waals surface area contributed by atoms with E-state index in [9.17, 15) is 9.90 Å². The van der Waals surface area contributed by atoms with Gasteiger partial charge in [-0.15, -0.1) is 6.42 Å². The van der Waals surface area contributed by atoms with Crippen molar-refractivity contribution in [1.29, 1.82) is 0 Å². The molecule has 1 aromatic carbocycles. The molecule has 0 bridgehead atoms. The van der Waals surface area contributed by atoms with Gasteiger partial charge in [0.25, 0.3) is 5.91 Å². The summed E-state index contributed by atoms with van der Waals surface area (Å²) < 4.78 is 5.67. The van der Waals surface area contributed by atoms with Gasteiger partial charge in [-0.2, -0.15) is 0 Å². The first-order valence-electron chi connectivity index (χ1n) is 11.8. The molecule has 5 heteroatoms. The SMILES string of the molecule is C#C[C@@]1(O)CC[C@H]2[C@@H]3CCc4cc(OC)c(C(=O)N5CCNCC5)cc4[C@H]3CC[C@@]21C. The number of ether oxygens (including phenoxy) is 1. The maximum atomic E-state index is 13.3. The van der Waals surface area contributed by atoms with Gasteiger partial charge < -0.3 is 20.1 Å². The molecule has 5 nitrogen and oxygen atoms in total. The summed E-state index contributed by atoms with van der Waals surface area (Å²) in [5, 5.41) is 14.5. The number of amides is 1. The molecule has 0 radical (unpaired) electrons. The minimum Gasteiger partial charge on any atom is -0.496 e. The molecule has 1 aliphatic heterocycles. The zero-order chi connectivity index (χ0) is 21.8. The van der Waals surface area contributed by atoms with Crippen LogP contribution in [0.3, 0.4) is 0 Å². The molecular weight excluding hydrogens is 388 g/mol. The van der Waals surface area contributed by atoms with Gasteiger partial charge in [-0.25, -0.2) is 0 Å². The number of fused-ring (bicyclic) bond motifs is 5. The topological polar surface area (TPSA) is 61.8 Å². The van der Waals surface area contributed by atoms with Crippen LogP contribution in [0, 0.1) is 29.6 Å². The summed E-state index contributed by atoms with van der Waals surface area (Å²) in [6, 6.07) is 4.25. The molecule has 3 fully saturated rings. The summed E-state index contributed by atoms with van der Waals surface area (Å²) >= 11 is 0. The van der Waals surface area contributed by atoms with Crippen LogP contribution in [0.15, 0.2) is 12.1 Å². The van der Waals surface area contributed by atoms with Crippen LogP contribution in [0.25, 0.3) is 0 Å². The molecule has 5 rings (SSSR count). The van der Waals surface area contributed by atoms with Gasteiger partial charge in [0.1, 0.15) is 11.4 Å². The van der Waals surface area contributed by atoms with Crippen molar-refractivity contribution in [3.8, 4) is 18.1 Å². The number of rotatable bonds is 2. The number of nitrogens with zero attached hydrogens (tertiary/aromatic N) is 1. The number of aryl methyl sites for hydroxylation is 1. The third-order valence-electron chi connectivity index (χ3n) is 9.07. The smallest absolute Gasteiger partial charge is 0.257 e. The molecule has 3 aliphatic carbocycles. The van der Waals surface area contributed by atoms with Crippen LogP contribution in [0.2, 0.25) is 0 Å². The fourth-order valence-corrected chi connectivity index (χ4v) is 7.23. The van der Waals surface area contributed by atoms with Crippen molar-refractivity contribution in [1.82, 2.24) is 10.2 Å². The Labute approximate surface area is 185 Å². The molecule has 5 atom stereocenters. The van der Waals surface area contributed by atoms with Crippen molar-refractivity contribution in [2.75, 3.05) is 33.3 Å². The Morgan fingerprint density at radius 1 is 1.26 bits per heavy atom. The van der Waals surface area contributed by atoms with Crippen molar-refractivity contribution < 1.29 is 14.6 Å². The normalized spacial score (nSPS) is 36.7. The second-order valence-electron chi connectivity index (χ2n) is 10.2. The molecule has 2 N–H and O–H groups in total. The summed E-state index contributed by atoms with van der Waals surface area (Å²) in [5.74, 6) is 4.92. The van der Waals surface area contributed by atoms with Gasteiger partial charge in [0, 0.05) is 31.6 Å². The number of carbonyl (C=O) groups excluding carboxylic acids is 1. The fourth-order valence-electron chi connectivity index (χ4n) is 7.23. The highest BCUT2D eigenvalue weighted by Gasteiger charge is 2.61. The van der Waals surface area contributed by atoms with Crippen molar-refractivity contribution in [2.45, 2.75) is 57.0 Å². The second-order valence-corrected chi connectivity index (χ2v) is 10.2. The first kappa shape index (κ1) is 20.8. The lowest BCUT2D eigenvalue weighted by molar-refractivity contribution is -0.0647. The molecule has 1 saturated heterocycles. The highest BCUT2D eigenvalue weighted by Crippen LogP contribution is 2.64. The van der Waals surface area contributed by atoms with Crippen molar-refractivity contribution in [3.05, 3.63) is 28.8 Å². The Kier molecular flexibility index (Phi) is 5.07. The zero-order valence-electron chi connectivity index (χ0n) is 18.7. The predicted molar refractivity (Wildman–Crippen MR) is 120 cm³/mol. The molecule has 166 valence electrons. The van der Waals surface area contributed by atoms with Crippen LogP contribution in [0.4, 0.5) is 0 Å². The summed E-state index contributed by atoms with van der Waals surface area (Å²) in [7, 11) is 1.66. The van der Waals surface area contributed by atoms with Crippen LogP contribution in [0.5, 0.6) is 5.75 Å². The van der Waals surface area contributed by atoms with E-state index in [1.165, 1.54) is 11.1 Å². The van der Waals surface area contributed by atoms with Crippen LogP contribution < -0.4 is 10.1 Å². The molecule has 4 aliphatic rings. The van der Waals surface area contributed by atoms with Gasteiger partial charge in [0.15, 0.2) is 0 Å². The van der Waals surface area contributed by atoms with Gasteiger partial charge >= 0.3 is 0 Å². The number of aliphatic hydroxyl groups is 1. The van der Waals surface area contributed by atoms with E-state index in [-0.39, 0.29) is 11.3 Å². The molecular formula is C26H34N2O3. The lowest BCUT2D eigenvalue weighted by atomic mass is 9.53. The van der Waals surface area contributed by atoms with Gasteiger partial charge in [-0.3, -0.25) is 4.79 Å². The first-order chi connectivity index (χ1) is 14.9. The van der Waals surface area contributed by atoms with Gasteiger partial charge in [-0.05, 0) is 79.5 Å². The summed E-state index contributed by atoms with van der Waals surface area (Å²) in [6.07, 6.45) is 11.6. The van der Waals surface area contributed by atoms with E-state index in [1.807, 2.05) is 4.90 Å². The number of terminal acetylenes is 1. The largest absolute Gasteiger partial charge is 0.496 e. The third kappa shape index (κ3) is 3.02. The Balaban J connectivity index is 1.50. The van der Waals surface area contributed by atoms with Crippen LogP contribution in [-0.2, 0) is 6.42 Å². The van der Waals surface area contributed by atoms with E-state index in [0.29, 0.717) is 35.5 Å². The average Bonchev–Trinajstić information content (AvgIpc) is 3.09. The third-order valence-corrected chi connectivity index (χ3v) is 9.07. The standard InChI is InChI=1S/C26H34N2O3/c1-4-26(30)10-8-22-19-6-5-17-15-23(31-3)21(24(29)28-13-11-27-12-14-28)16-20(17)18(19)7-9-25(22,26)2/h1,15-16,18-19,22,27,30H,5-14H2,2-3H3/t18-,19+,22-,25-,26+/m0/s1. The van der Waals surface area contributed by atoms with Crippen molar-refractivity contribution >= 4 is 5.91 Å². The molecule has 0 unspecified atom stereocenters. The van der Waals surface area contributed by atoms with Gasteiger partial charge in [-0.1, -0.05) is 12.8 Å². The molecule has 1 aromatic rings. The highest BCUT2D eigenvalue weighted by atomic mass is 16.5. The maximum Gasteiger partial charge on any atom is 0.257 e. The number of nitrogens with one attached hydrogen (secondary N) is 1. The monoisotopic (exact) mass is 422 g/mol. The number of benzene rings is 1. The Bertz CT molecular complexity index is 931. The van der Waals surface area contributed by atoms with E-state index in [2.05, 4.69) is 30.3 Å². The number of methoxy groups -OCH3 is 1.